The molecular formula is C19H25FN4O5. The van der Waals surface area contributed by atoms with E-state index in [4.69, 9.17) is 4.74 Å². The van der Waals surface area contributed by atoms with Gasteiger partial charge in [-0.1, -0.05) is 0 Å². The summed E-state index contributed by atoms with van der Waals surface area (Å²) in [5.74, 6) is -0.431. The molecule has 158 valence electrons. The van der Waals surface area contributed by atoms with Crippen LogP contribution in [0.3, 0.4) is 0 Å². The number of methoxy groups -OCH3 is 1. The van der Waals surface area contributed by atoms with E-state index in [9.17, 15) is 18.8 Å². The summed E-state index contributed by atoms with van der Waals surface area (Å²) in [6.45, 7) is 3.60. The molecule has 0 aromatic heterocycles. The van der Waals surface area contributed by atoms with E-state index < -0.39 is 24.1 Å². The van der Waals surface area contributed by atoms with Gasteiger partial charge in [0.25, 0.3) is 0 Å². The molecule has 2 saturated heterocycles. The van der Waals surface area contributed by atoms with Crippen LogP contribution in [0, 0.1) is 11.7 Å². The van der Waals surface area contributed by atoms with Crippen molar-refractivity contribution in [2.24, 2.45) is 5.92 Å². The van der Waals surface area contributed by atoms with Crippen LogP contribution in [0.25, 0.3) is 0 Å². The van der Waals surface area contributed by atoms with Crippen LogP contribution in [0.2, 0.25) is 0 Å². The predicted octanol–water partition coefficient (Wildman–Crippen LogP) is 1.47. The van der Waals surface area contributed by atoms with Crippen molar-refractivity contribution in [3.63, 3.8) is 0 Å². The van der Waals surface area contributed by atoms with Gasteiger partial charge in [0, 0.05) is 26.6 Å². The Morgan fingerprint density at radius 1 is 1.28 bits per heavy atom. The van der Waals surface area contributed by atoms with Gasteiger partial charge in [-0.15, -0.1) is 0 Å². The van der Waals surface area contributed by atoms with Crippen LogP contribution in [0.15, 0.2) is 18.2 Å². The summed E-state index contributed by atoms with van der Waals surface area (Å²) in [6.07, 6.45) is -0.694. The number of rotatable bonds is 6. The van der Waals surface area contributed by atoms with Crippen molar-refractivity contribution in [2.75, 3.05) is 49.6 Å². The molecule has 1 aromatic carbocycles. The monoisotopic (exact) mass is 408 g/mol. The van der Waals surface area contributed by atoms with Crippen LogP contribution >= 0.6 is 0 Å². The highest BCUT2D eigenvalue weighted by atomic mass is 19.1. The first-order valence-corrected chi connectivity index (χ1v) is 9.46. The van der Waals surface area contributed by atoms with E-state index in [1.165, 1.54) is 25.0 Å². The van der Waals surface area contributed by atoms with Gasteiger partial charge >= 0.3 is 12.2 Å². The Labute approximate surface area is 168 Å². The van der Waals surface area contributed by atoms with Crippen molar-refractivity contribution in [2.45, 2.75) is 19.4 Å². The van der Waals surface area contributed by atoms with Crippen LogP contribution in [-0.4, -0.2) is 64.0 Å². The van der Waals surface area contributed by atoms with Crippen molar-refractivity contribution in [3.05, 3.63) is 24.0 Å². The number of carbonyl (C=O) groups is 3. The highest BCUT2D eigenvalue weighted by Gasteiger charge is 2.33. The molecule has 1 aromatic rings. The first kappa shape index (κ1) is 20.7. The third kappa shape index (κ3) is 5.07. The van der Waals surface area contributed by atoms with Gasteiger partial charge in [-0.25, -0.2) is 14.0 Å². The molecule has 1 unspecified atom stereocenters. The predicted molar refractivity (Wildman–Crippen MR) is 103 cm³/mol. The summed E-state index contributed by atoms with van der Waals surface area (Å²) < 4.78 is 24.5. The number of anilines is 2. The lowest BCUT2D eigenvalue weighted by Crippen LogP contribution is -2.33. The van der Waals surface area contributed by atoms with Crippen molar-refractivity contribution in [1.29, 1.82) is 0 Å². The molecule has 9 nitrogen and oxygen atoms in total. The third-order valence-corrected chi connectivity index (χ3v) is 5.04. The summed E-state index contributed by atoms with van der Waals surface area (Å²) in [5.41, 5.74) is 0.862. The molecule has 0 radical (unpaired) electrons. The number of benzene rings is 1. The minimum absolute atomic E-state index is 0.205. The quantitative estimate of drug-likeness (QED) is 0.740. The number of hydrogen-bond acceptors (Lipinski definition) is 6. The number of cyclic esters (lactones) is 1. The van der Waals surface area contributed by atoms with Gasteiger partial charge in [0.2, 0.25) is 5.91 Å². The molecular weight excluding hydrogens is 383 g/mol. The average Bonchev–Trinajstić information content (AvgIpc) is 3.30. The zero-order valence-electron chi connectivity index (χ0n) is 16.4. The van der Waals surface area contributed by atoms with Crippen LogP contribution in [0.1, 0.15) is 13.3 Å². The Kier molecular flexibility index (Phi) is 6.40. The molecule has 2 aliphatic rings. The second-order valence-corrected chi connectivity index (χ2v) is 7.16. The Balaban J connectivity index is 1.60. The Morgan fingerprint density at radius 3 is 2.76 bits per heavy atom. The third-order valence-electron chi connectivity index (χ3n) is 5.04. The van der Waals surface area contributed by atoms with E-state index in [0.717, 1.165) is 6.42 Å². The molecule has 2 heterocycles. The van der Waals surface area contributed by atoms with E-state index in [1.54, 1.807) is 12.1 Å². The molecule has 0 saturated carbocycles. The molecule has 3 amide bonds. The van der Waals surface area contributed by atoms with Crippen molar-refractivity contribution >= 4 is 29.5 Å². The second kappa shape index (κ2) is 8.97. The van der Waals surface area contributed by atoms with E-state index >= 15 is 0 Å². The fourth-order valence-corrected chi connectivity index (χ4v) is 3.53. The highest BCUT2D eigenvalue weighted by molar-refractivity contribution is 5.90. The summed E-state index contributed by atoms with van der Waals surface area (Å²) in [4.78, 5) is 37.6. The lowest BCUT2D eigenvalue weighted by molar-refractivity contribution is -0.119. The number of amides is 3. The number of alkyl carbamates (subject to hydrolysis) is 1. The second-order valence-electron chi connectivity index (χ2n) is 7.16. The standard InChI is InChI=1S/C19H25FN4O5/c1-12(25)21-9-15-11-24(19(27)29-15)14-3-4-17(16(20)7-14)23-6-5-13(10-23)8-22-18(26)28-2/h3-4,7,13,15H,5-6,8-11H2,1-2H3,(H,21,25)(H,22,26)/t13?,15-/m0/s1. The topological polar surface area (TPSA) is 100 Å². The first-order valence-electron chi connectivity index (χ1n) is 9.46. The van der Waals surface area contributed by atoms with Crippen LogP contribution in [0.4, 0.5) is 25.4 Å². The Morgan fingerprint density at radius 2 is 2.07 bits per heavy atom. The largest absolute Gasteiger partial charge is 0.453 e. The zero-order chi connectivity index (χ0) is 21.0. The van der Waals surface area contributed by atoms with E-state index in [0.29, 0.717) is 31.0 Å². The molecule has 2 atom stereocenters. The Bertz CT molecular complexity index is 790. The molecule has 0 bridgehead atoms. The molecule has 29 heavy (non-hydrogen) atoms. The van der Waals surface area contributed by atoms with E-state index in [2.05, 4.69) is 15.4 Å². The Hall–Kier alpha value is -3.04. The van der Waals surface area contributed by atoms with Crippen molar-refractivity contribution in [3.8, 4) is 0 Å². The van der Waals surface area contributed by atoms with Crippen LogP contribution in [-0.2, 0) is 14.3 Å². The maximum atomic E-state index is 14.8. The van der Waals surface area contributed by atoms with E-state index in [-0.39, 0.29) is 24.9 Å². The van der Waals surface area contributed by atoms with Gasteiger partial charge in [0.15, 0.2) is 0 Å². The number of nitrogens with zero attached hydrogens (tertiary/aromatic N) is 2. The highest BCUT2D eigenvalue weighted by Crippen LogP contribution is 2.30. The molecule has 0 spiro atoms. The van der Waals surface area contributed by atoms with Gasteiger partial charge < -0.3 is 25.0 Å². The lowest BCUT2D eigenvalue weighted by Gasteiger charge is -2.21. The van der Waals surface area contributed by atoms with Crippen molar-refractivity contribution in [1.82, 2.24) is 10.6 Å². The number of ether oxygens (including phenoxy) is 2. The molecule has 10 heteroatoms. The first-order chi connectivity index (χ1) is 13.9. The fourth-order valence-electron chi connectivity index (χ4n) is 3.53. The summed E-state index contributed by atoms with van der Waals surface area (Å²) in [5, 5.41) is 5.27. The summed E-state index contributed by atoms with van der Waals surface area (Å²) in [7, 11) is 1.31. The summed E-state index contributed by atoms with van der Waals surface area (Å²) >= 11 is 0. The minimum Gasteiger partial charge on any atom is -0.453 e. The number of hydrogen-bond donors (Lipinski definition) is 2. The lowest BCUT2D eigenvalue weighted by atomic mass is 10.1. The molecule has 0 aliphatic carbocycles. The SMILES string of the molecule is COC(=O)NCC1CCN(c2ccc(N3C[C@H](CNC(C)=O)OC3=O)cc2F)C1. The van der Waals surface area contributed by atoms with Crippen LogP contribution < -0.4 is 20.4 Å². The number of halogens is 1. The zero-order valence-corrected chi connectivity index (χ0v) is 16.4. The number of nitrogens with one attached hydrogen (secondary N) is 2. The van der Waals surface area contributed by atoms with Gasteiger partial charge in [-0.05, 0) is 30.5 Å². The molecule has 2 N–H and O–H groups in total. The van der Waals surface area contributed by atoms with Gasteiger partial charge in [-0.3, -0.25) is 9.69 Å². The maximum absolute atomic E-state index is 14.8. The normalized spacial score (nSPS) is 21.1. The molecule has 2 fully saturated rings. The van der Waals surface area contributed by atoms with Crippen molar-refractivity contribution < 1.29 is 28.2 Å². The fraction of sp³-hybridized carbons (Fsp3) is 0.526. The average molecular weight is 408 g/mol. The van der Waals surface area contributed by atoms with Gasteiger partial charge in [0.05, 0.1) is 31.6 Å². The van der Waals surface area contributed by atoms with Gasteiger partial charge in [0.1, 0.15) is 11.9 Å². The minimum atomic E-state index is -0.567. The van der Waals surface area contributed by atoms with Crippen LogP contribution in [0.5, 0.6) is 0 Å². The molecule has 2 aliphatic heterocycles. The van der Waals surface area contributed by atoms with E-state index in [1.807, 2.05) is 4.90 Å². The molecule has 3 rings (SSSR count). The smallest absolute Gasteiger partial charge is 0.414 e. The maximum Gasteiger partial charge on any atom is 0.414 e. The van der Waals surface area contributed by atoms with Gasteiger partial charge in [-0.2, -0.15) is 0 Å². The number of carbonyl (C=O) groups excluding carboxylic acids is 3. The summed E-state index contributed by atoms with van der Waals surface area (Å²) in [6, 6.07) is 4.65.